The highest BCUT2D eigenvalue weighted by Gasteiger charge is 2.44. The van der Waals surface area contributed by atoms with Crippen LogP contribution in [-0.2, 0) is 28.5 Å². The minimum Gasteiger partial charge on any atom is -0.462 e. The Hall–Kier alpha value is -1.82. The highest BCUT2D eigenvalue weighted by Crippen LogP contribution is 2.22. The molecule has 322 valence electrons. The largest absolute Gasteiger partial charge is 0.462 e. The molecule has 10 nitrogen and oxygen atoms in total. The lowest BCUT2D eigenvalue weighted by Crippen LogP contribution is -2.59. The van der Waals surface area contributed by atoms with Crippen molar-refractivity contribution in [2.24, 2.45) is 0 Å². The predicted octanol–water partition coefficient (Wildman–Crippen LogP) is 9.33. The quantitative estimate of drug-likeness (QED) is 0.0273. The summed E-state index contributed by atoms with van der Waals surface area (Å²) in [4.78, 5) is 25.3. The monoisotopic (exact) mass is 783 g/mol. The summed E-state index contributed by atoms with van der Waals surface area (Å²) in [6.45, 7) is 3.40. The van der Waals surface area contributed by atoms with E-state index >= 15 is 0 Å². The second-order valence-electron chi connectivity index (χ2n) is 15.5. The topological polar surface area (TPSA) is 152 Å². The van der Waals surface area contributed by atoms with Gasteiger partial charge in [0.2, 0.25) is 0 Å². The molecule has 0 aliphatic carbocycles. The van der Waals surface area contributed by atoms with Gasteiger partial charge in [-0.25, -0.2) is 0 Å². The van der Waals surface area contributed by atoms with Crippen molar-refractivity contribution < 1.29 is 49.0 Å². The van der Waals surface area contributed by atoms with Gasteiger partial charge in [-0.05, 0) is 64.2 Å². The van der Waals surface area contributed by atoms with Crippen molar-refractivity contribution >= 4 is 11.9 Å². The average Bonchev–Trinajstić information content (AvgIpc) is 3.18. The van der Waals surface area contributed by atoms with E-state index in [0.717, 1.165) is 64.2 Å². The van der Waals surface area contributed by atoms with Crippen LogP contribution in [0.1, 0.15) is 194 Å². The molecule has 1 saturated heterocycles. The molecule has 6 atom stereocenters. The number of esters is 2. The van der Waals surface area contributed by atoms with Crippen molar-refractivity contribution in [3.8, 4) is 0 Å². The van der Waals surface area contributed by atoms with Gasteiger partial charge in [0.05, 0.1) is 13.2 Å². The lowest BCUT2D eigenvalue weighted by Gasteiger charge is -2.39. The first kappa shape index (κ1) is 51.2. The maximum Gasteiger partial charge on any atom is 0.306 e. The van der Waals surface area contributed by atoms with Gasteiger partial charge in [0, 0.05) is 12.8 Å². The normalized spacial score (nSPS) is 20.7. The van der Waals surface area contributed by atoms with E-state index in [1.807, 2.05) is 0 Å². The van der Waals surface area contributed by atoms with Crippen LogP contribution in [0.25, 0.3) is 0 Å². The molecule has 6 unspecified atom stereocenters. The summed E-state index contributed by atoms with van der Waals surface area (Å²) in [5, 5.41) is 40.0. The number of aliphatic hydroxyl groups excluding tert-OH is 4. The molecule has 4 N–H and O–H groups in total. The molecule has 0 amide bonds. The van der Waals surface area contributed by atoms with Crippen molar-refractivity contribution in [3.63, 3.8) is 0 Å². The van der Waals surface area contributed by atoms with Crippen molar-refractivity contribution in [3.05, 3.63) is 24.3 Å². The van der Waals surface area contributed by atoms with Gasteiger partial charge in [-0.3, -0.25) is 9.59 Å². The van der Waals surface area contributed by atoms with Gasteiger partial charge < -0.3 is 39.4 Å². The summed E-state index contributed by atoms with van der Waals surface area (Å²) in [6.07, 6.45) is 31.8. The van der Waals surface area contributed by atoms with Gasteiger partial charge in [-0.15, -0.1) is 0 Å². The fourth-order valence-corrected chi connectivity index (χ4v) is 6.71. The molecule has 0 saturated carbocycles. The minimum absolute atomic E-state index is 0.220. The molecule has 55 heavy (non-hydrogen) atoms. The molecular formula is C45H82O10. The van der Waals surface area contributed by atoms with E-state index < -0.39 is 49.4 Å². The van der Waals surface area contributed by atoms with E-state index in [-0.39, 0.29) is 32.0 Å². The smallest absolute Gasteiger partial charge is 0.306 e. The molecule has 0 aromatic heterocycles. The standard InChI is InChI=1S/C45H82O10/c1-3-5-7-9-11-13-15-17-19-21-23-25-27-29-31-33-40(47)52-36-38(37-53-45-44(51)43(50)42(49)39(35-46)55-45)54-41(48)34-32-30-28-26-24-22-20-18-16-14-12-10-8-6-4-2/h17-20,38-39,42-46,49-51H,3-16,21-37H2,1-2H3/b19-17-,20-18-. The second-order valence-corrected chi connectivity index (χ2v) is 15.5. The van der Waals surface area contributed by atoms with Gasteiger partial charge >= 0.3 is 11.9 Å². The maximum absolute atomic E-state index is 12.8. The van der Waals surface area contributed by atoms with Crippen molar-refractivity contribution in [1.82, 2.24) is 0 Å². The number of carbonyl (C=O) groups excluding carboxylic acids is 2. The number of ether oxygens (including phenoxy) is 4. The van der Waals surface area contributed by atoms with E-state index in [0.29, 0.717) is 12.8 Å². The number of unbranched alkanes of at least 4 members (excludes halogenated alkanes) is 22. The van der Waals surface area contributed by atoms with Crippen LogP contribution < -0.4 is 0 Å². The van der Waals surface area contributed by atoms with Gasteiger partial charge in [0.15, 0.2) is 12.4 Å². The number of allylic oxidation sites excluding steroid dienone is 4. The third-order valence-corrected chi connectivity index (χ3v) is 10.3. The fourth-order valence-electron chi connectivity index (χ4n) is 6.71. The summed E-state index contributed by atoms with van der Waals surface area (Å²) < 4.78 is 22.1. The summed E-state index contributed by atoms with van der Waals surface area (Å²) in [5.41, 5.74) is 0. The Bertz CT molecular complexity index is 954. The zero-order chi connectivity index (χ0) is 40.2. The van der Waals surface area contributed by atoms with Gasteiger partial charge in [-0.1, -0.05) is 141 Å². The third kappa shape index (κ3) is 28.3. The van der Waals surface area contributed by atoms with E-state index in [4.69, 9.17) is 18.9 Å². The van der Waals surface area contributed by atoms with Crippen LogP contribution >= 0.6 is 0 Å². The van der Waals surface area contributed by atoms with E-state index in [2.05, 4.69) is 38.2 Å². The van der Waals surface area contributed by atoms with Gasteiger partial charge in [0.25, 0.3) is 0 Å². The number of hydrogen-bond acceptors (Lipinski definition) is 10. The Morgan fingerprint density at radius 2 is 0.964 bits per heavy atom. The molecule has 1 aliphatic heterocycles. The first-order valence-corrected chi connectivity index (χ1v) is 22.4. The molecule has 0 bridgehead atoms. The van der Waals surface area contributed by atoms with E-state index in [1.54, 1.807) is 0 Å². The zero-order valence-electron chi connectivity index (χ0n) is 34.9. The van der Waals surface area contributed by atoms with Gasteiger partial charge in [-0.2, -0.15) is 0 Å². The van der Waals surface area contributed by atoms with Crippen LogP contribution in [0.2, 0.25) is 0 Å². The van der Waals surface area contributed by atoms with Crippen LogP contribution in [-0.4, -0.2) is 89.0 Å². The molecule has 0 aromatic carbocycles. The lowest BCUT2D eigenvalue weighted by atomic mass is 9.99. The molecule has 0 spiro atoms. The SMILES string of the molecule is CCCCCCCC/C=C\CCCCCCCC(=O)OCC(COC1OC(CO)C(O)C(O)C1O)OC(=O)CCCCCCC/C=C\CCCCCCCC. The van der Waals surface area contributed by atoms with Crippen LogP contribution in [0.15, 0.2) is 24.3 Å². The second kappa shape index (κ2) is 36.5. The molecule has 1 rings (SSSR count). The molecule has 1 fully saturated rings. The Balaban J connectivity index is 2.34. The van der Waals surface area contributed by atoms with E-state index in [9.17, 15) is 30.0 Å². The van der Waals surface area contributed by atoms with Gasteiger partial charge in [0.1, 0.15) is 31.0 Å². The highest BCUT2D eigenvalue weighted by atomic mass is 16.7. The summed E-state index contributed by atoms with van der Waals surface area (Å²) in [7, 11) is 0. The molecule has 0 aromatic rings. The number of aliphatic hydroxyl groups is 4. The zero-order valence-corrected chi connectivity index (χ0v) is 34.9. The third-order valence-electron chi connectivity index (χ3n) is 10.3. The van der Waals surface area contributed by atoms with Crippen LogP contribution in [0.4, 0.5) is 0 Å². The highest BCUT2D eigenvalue weighted by molar-refractivity contribution is 5.70. The van der Waals surface area contributed by atoms with Crippen LogP contribution in [0.5, 0.6) is 0 Å². The molecular weight excluding hydrogens is 700 g/mol. The van der Waals surface area contributed by atoms with Crippen molar-refractivity contribution in [2.45, 2.75) is 230 Å². The molecule has 0 radical (unpaired) electrons. The summed E-state index contributed by atoms with van der Waals surface area (Å²) in [5.74, 6) is -0.822. The predicted molar refractivity (Wildman–Crippen MR) is 219 cm³/mol. The lowest BCUT2D eigenvalue weighted by molar-refractivity contribution is -0.305. The fraction of sp³-hybridized carbons (Fsp3) is 0.867. The van der Waals surface area contributed by atoms with Crippen molar-refractivity contribution in [1.29, 1.82) is 0 Å². The molecule has 1 aliphatic rings. The van der Waals surface area contributed by atoms with Crippen LogP contribution in [0, 0.1) is 0 Å². The molecule has 10 heteroatoms. The minimum atomic E-state index is -1.60. The van der Waals surface area contributed by atoms with Crippen LogP contribution in [0.3, 0.4) is 0 Å². The number of hydrogen-bond donors (Lipinski definition) is 4. The average molecular weight is 783 g/mol. The Morgan fingerprint density at radius 1 is 0.545 bits per heavy atom. The summed E-state index contributed by atoms with van der Waals surface area (Å²) >= 11 is 0. The molecule has 1 heterocycles. The summed E-state index contributed by atoms with van der Waals surface area (Å²) in [6, 6.07) is 0. The number of rotatable bonds is 37. The number of carbonyl (C=O) groups is 2. The Labute approximate surface area is 334 Å². The first-order chi connectivity index (χ1) is 26.8. The first-order valence-electron chi connectivity index (χ1n) is 22.4. The Morgan fingerprint density at radius 3 is 1.42 bits per heavy atom. The maximum atomic E-state index is 12.8. The van der Waals surface area contributed by atoms with Crippen molar-refractivity contribution in [2.75, 3.05) is 19.8 Å². The van der Waals surface area contributed by atoms with E-state index in [1.165, 1.54) is 89.9 Å². The Kier molecular flexibility index (Phi) is 34.0.